The van der Waals surface area contributed by atoms with Crippen LogP contribution in [-0.2, 0) is 20.9 Å². The average molecular weight is 539 g/mol. The fourth-order valence-corrected chi connectivity index (χ4v) is 3.73. The fourth-order valence-electron chi connectivity index (χ4n) is 2.57. The molecule has 1 aliphatic carbocycles. The topological polar surface area (TPSA) is 128 Å². The molecular weight excluding hydrogens is 523 g/mol. The van der Waals surface area contributed by atoms with Gasteiger partial charge in [0.05, 0.1) is 33.5 Å². The number of phenols is 1. The van der Waals surface area contributed by atoms with Crippen LogP contribution in [-0.4, -0.2) is 86.3 Å². The number of allylic oxidation sites excluding steroid dienone is 4. The van der Waals surface area contributed by atoms with Crippen molar-refractivity contribution in [1.82, 2.24) is 4.90 Å². The molecule has 149 valence electrons. The van der Waals surface area contributed by atoms with Crippen molar-refractivity contribution >= 4 is 90.5 Å². The monoisotopic (exact) mass is 537 g/mol. The molecule has 0 heterocycles. The molecule has 29 heavy (non-hydrogen) atoms. The van der Waals surface area contributed by atoms with Gasteiger partial charge in [0.15, 0.2) is 0 Å². The van der Waals surface area contributed by atoms with Crippen LogP contribution in [0, 0.1) is 6.92 Å². The Morgan fingerprint density at radius 3 is 2.07 bits per heavy atom. The third-order valence-corrected chi connectivity index (χ3v) is 4.90. The zero-order chi connectivity index (χ0) is 21.0. The molecule has 0 aromatic heterocycles. The number of carbonyl (C=O) groups is 3. The summed E-state index contributed by atoms with van der Waals surface area (Å²) in [6.45, 7) is 0.596. The van der Waals surface area contributed by atoms with Gasteiger partial charge < -0.3 is 15.3 Å². The standard InChI is InChI=1S/C18H16Br2N2O6.Na/c1-9-2-11(21-12-4-13(19)18(28)14(20)5-12)3-10(17(9)27)6-22(7-15(23)24)8-16(25)26;/h2-5,27H,6-8H2,1H3,(H,23,24)(H,25,26);. The van der Waals surface area contributed by atoms with Crippen LogP contribution in [0.15, 0.2) is 38.2 Å². The van der Waals surface area contributed by atoms with Crippen LogP contribution in [0.3, 0.4) is 0 Å². The number of carboxylic acids is 2. The Labute approximate surface area is 205 Å². The number of rotatable bonds is 7. The summed E-state index contributed by atoms with van der Waals surface area (Å²) in [4.78, 5) is 39.3. The first-order valence-corrected chi connectivity index (χ1v) is 9.51. The second kappa shape index (κ2) is 11.2. The molecule has 0 atom stereocenters. The number of hydrogen-bond donors (Lipinski definition) is 3. The number of nitrogens with zero attached hydrogens (tertiary/aromatic N) is 2. The SMILES string of the molecule is Cc1cc(N=C2C=C(Br)C(=O)C(Br)=C2)cc(CN(CC(=O)O)CC(=O)O)c1O.[Na]. The fraction of sp³-hybridized carbons (Fsp3) is 0.222. The van der Waals surface area contributed by atoms with Crippen LogP contribution in [0.25, 0.3) is 0 Å². The first kappa shape index (κ1) is 25.7. The average Bonchev–Trinajstić information content (AvgIpc) is 2.55. The number of aromatic hydroxyl groups is 1. The smallest absolute Gasteiger partial charge is 0.317 e. The zero-order valence-corrected chi connectivity index (χ0v) is 20.8. The van der Waals surface area contributed by atoms with E-state index in [0.717, 1.165) is 0 Å². The van der Waals surface area contributed by atoms with Crippen LogP contribution in [0.1, 0.15) is 11.1 Å². The number of phenolic OH excluding ortho intramolecular Hbond substituents is 1. The summed E-state index contributed by atoms with van der Waals surface area (Å²) in [5.41, 5.74) is 1.80. The van der Waals surface area contributed by atoms with Crippen LogP contribution >= 0.6 is 31.9 Å². The summed E-state index contributed by atoms with van der Waals surface area (Å²) < 4.78 is 0.677. The molecule has 0 unspecified atom stereocenters. The van der Waals surface area contributed by atoms with Gasteiger partial charge in [0.1, 0.15) is 5.75 Å². The summed E-state index contributed by atoms with van der Waals surface area (Å²) >= 11 is 6.34. The van der Waals surface area contributed by atoms with E-state index in [-0.39, 0.29) is 47.6 Å². The van der Waals surface area contributed by atoms with E-state index in [1.54, 1.807) is 31.2 Å². The molecule has 2 rings (SSSR count). The number of halogens is 2. The molecule has 0 fully saturated rings. The summed E-state index contributed by atoms with van der Waals surface area (Å²) in [7, 11) is 0. The number of hydrogen-bond acceptors (Lipinski definition) is 6. The van der Waals surface area contributed by atoms with Crippen LogP contribution in [0.5, 0.6) is 5.75 Å². The minimum atomic E-state index is -1.18. The number of aryl methyl sites for hydroxylation is 1. The van der Waals surface area contributed by atoms with Gasteiger partial charge in [-0.05, 0) is 68.6 Å². The number of carboxylic acid groups (broad SMARTS) is 2. The third kappa shape index (κ3) is 7.47. The molecule has 3 N–H and O–H groups in total. The minimum Gasteiger partial charge on any atom is -0.507 e. The molecule has 1 radical (unpaired) electrons. The van der Waals surface area contributed by atoms with Gasteiger partial charge in [0, 0.05) is 41.7 Å². The number of benzene rings is 1. The van der Waals surface area contributed by atoms with E-state index in [0.29, 0.717) is 31.5 Å². The van der Waals surface area contributed by atoms with E-state index in [2.05, 4.69) is 36.9 Å². The van der Waals surface area contributed by atoms with Crippen molar-refractivity contribution in [3.05, 3.63) is 44.4 Å². The summed E-state index contributed by atoms with van der Waals surface area (Å²) in [6.07, 6.45) is 3.10. The summed E-state index contributed by atoms with van der Waals surface area (Å²) in [6, 6.07) is 3.18. The predicted molar refractivity (Wildman–Crippen MR) is 115 cm³/mol. The summed E-state index contributed by atoms with van der Waals surface area (Å²) in [5.74, 6) is -2.62. The normalized spacial score (nSPS) is 13.5. The quantitative estimate of drug-likeness (QED) is 0.359. The van der Waals surface area contributed by atoms with E-state index in [9.17, 15) is 19.5 Å². The Kier molecular flexibility index (Phi) is 9.93. The van der Waals surface area contributed by atoms with Gasteiger partial charge in [-0.1, -0.05) is 0 Å². The molecule has 11 heteroatoms. The second-order valence-corrected chi connectivity index (χ2v) is 7.76. The number of ketones is 1. The predicted octanol–water partition coefficient (Wildman–Crippen LogP) is 2.50. The number of Topliss-reactive ketones (excluding diaryl/α,β-unsaturated/α-hetero) is 1. The molecule has 1 aliphatic rings. The molecule has 0 aliphatic heterocycles. The van der Waals surface area contributed by atoms with Crippen LogP contribution < -0.4 is 0 Å². The van der Waals surface area contributed by atoms with Crippen LogP contribution in [0.2, 0.25) is 0 Å². The molecular formula is C18H16Br2N2NaO6. The zero-order valence-electron chi connectivity index (χ0n) is 15.6. The minimum absolute atomic E-state index is 0. The van der Waals surface area contributed by atoms with E-state index in [4.69, 9.17) is 10.2 Å². The second-order valence-electron chi connectivity index (χ2n) is 6.05. The Morgan fingerprint density at radius 1 is 1.07 bits per heavy atom. The van der Waals surface area contributed by atoms with Crippen molar-refractivity contribution in [2.45, 2.75) is 13.5 Å². The molecule has 1 aromatic rings. The van der Waals surface area contributed by atoms with Crippen molar-refractivity contribution in [1.29, 1.82) is 0 Å². The molecule has 1 aromatic carbocycles. The Hall–Kier alpha value is -1.30. The van der Waals surface area contributed by atoms with E-state index in [1.807, 2.05) is 0 Å². The Bertz CT molecular complexity index is 903. The molecule has 0 saturated carbocycles. The van der Waals surface area contributed by atoms with Crippen molar-refractivity contribution in [3.63, 3.8) is 0 Å². The van der Waals surface area contributed by atoms with Crippen LogP contribution in [0.4, 0.5) is 5.69 Å². The maximum atomic E-state index is 11.8. The van der Waals surface area contributed by atoms with Crippen molar-refractivity contribution in [2.24, 2.45) is 4.99 Å². The number of carbonyl (C=O) groups excluding carboxylic acids is 1. The van der Waals surface area contributed by atoms with Gasteiger partial charge in [0.2, 0.25) is 5.78 Å². The molecule has 8 nitrogen and oxygen atoms in total. The maximum Gasteiger partial charge on any atom is 0.317 e. The Morgan fingerprint density at radius 2 is 1.59 bits per heavy atom. The van der Waals surface area contributed by atoms with Crippen molar-refractivity contribution in [3.8, 4) is 5.75 Å². The van der Waals surface area contributed by atoms with Gasteiger partial charge in [-0.2, -0.15) is 0 Å². The largest absolute Gasteiger partial charge is 0.507 e. The molecule has 0 bridgehead atoms. The first-order valence-electron chi connectivity index (χ1n) is 7.93. The van der Waals surface area contributed by atoms with E-state index in [1.165, 1.54) is 4.90 Å². The first-order chi connectivity index (χ1) is 13.1. The number of aliphatic carboxylic acids is 2. The van der Waals surface area contributed by atoms with Gasteiger partial charge in [-0.25, -0.2) is 4.99 Å². The van der Waals surface area contributed by atoms with Gasteiger partial charge in [0.25, 0.3) is 0 Å². The molecule has 0 saturated heterocycles. The van der Waals surface area contributed by atoms with Gasteiger partial charge in [-0.15, -0.1) is 0 Å². The molecule has 0 spiro atoms. The van der Waals surface area contributed by atoms with E-state index >= 15 is 0 Å². The molecule has 0 amide bonds. The number of aliphatic imine (C=N–C) groups is 1. The Balaban J connectivity index is 0.00000420. The van der Waals surface area contributed by atoms with Gasteiger partial charge in [-0.3, -0.25) is 19.3 Å². The third-order valence-electron chi connectivity index (χ3n) is 3.72. The van der Waals surface area contributed by atoms with Crippen molar-refractivity contribution < 1.29 is 29.7 Å². The summed E-state index contributed by atoms with van der Waals surface area (Å²) in [5, 5.41) is 28.3. The van der Waals surface area contributed by atoms with E-state index < -0.39 is 25.0 Å². The van der Waals surface area contributed by atoms with Gasteiger partial charge >= 0.3 is 11.9 Å². The van der Waals surface area contributed by atoms with Crippen molar-refractivity contribution in [2.75, 3.05) is 13.1 Å². The maximum absolute atomic E-state index is 11.8.